The minimum atomic E-state index is 0. The van der Waals surface area contributed by atoms with E-state index in [1.54, 1.807) is 7.11 Å². The van der Waals surface area contributed by atoms with Gasteiger partial charge in [-0.25, -0.2) is 0 Å². The van der Waals surface area contributed by atoms with E-state index in [9.17, 15) is 4.79 Å². The predicted molar refractivity (Wildman–Crippen MR) is 91.8 cm³/mol. The van der Waals surface area contributed by atoms with Crippen molar-refractivity contribution in [2.45, 2.75) is 27.7 Å². The zero-order chi connectivity index (χ0) is 15.6. The first kappa shape index (κ1) is 19.0. The molecule has 0 N–H and O–H groups in total. The standard InChI is InChI=1S/C18H21O2P.Li.H/c1-11-10-12(2)17(14(4)13(11)3)18(19)21-16-8-6-15(20-5)7-9-16;;/h6-10,21H,1-5H3;;/q;+1;-1. The van der Waals surface area contributed by atoms with E-state index >= 15 is 0 Å². The van der Waals surface area contributed by atoms with Crippen LogP contribution < -0.4 is 28.9 Å². The zero-order valence-electron chi connectivity index (χ0n) is 15.2. The molecule has 4 heteroatoms. The van der Waals surface area contributed by atoms with Crippen LogP contribution in [0.4, 0.5) is 0 Å². The van der Waals surface area contributed by atoms with Crippen LogP contribution in [0.1, 0.15) is 34.0 Å². The van der Waals surface area contributed by atoms with E-state index in [2.05, 4.69) is 19.9 Å². The van der Waals surface area contributed by atoms with Gasteiger partial charge >= 0.3 is 18.9 Å². The molecule has 0 saturated heterocycles. The maximum absolute atomic E-state index is 12.7. The Kier molecular flexibility index (Phi) is 6.88. The molecule has 2 rings (SSSR count). The number of benzene rings is 2. The quantitative estimate of drug-likeness (QED) is 0.626. The van der Waals surface area contributed by atoms with Crippen molar-refractivity contribution in [2.75, 3.05) is 7.11 Å². The second-order valence-electron chi connectivity index (χ2n) is 5.32. The van der Waals surface area contributed by atoms with Crippen molar-refractivity contribution in [1.29, 1.82) is 0 Å². The summed E-state index contributed by atoms with van der Waals surface area (Å²) in [6.45, 7) is 8.24. The fraction of sp³-hybridized carbons (Fsp3) is 0.278. The first-order valence-electron chi connectivity index (χ1n) is 6.97. The Hall–Kier alpha value is -1.06. The van der Waals surface area contributed by atoms with Crippen molar-refractivity contribution in [3.8, 4) is 5.75 Å². The van der Waals surface area contributed by atoms with Gasteiger partial charge in [-0.1, -0.05) is 18.2 Å². The second kappa shape index (κ2) is 7.98. The summed E-state index contributed by atoms with van der Waals surface area (Å²) in [5.41, 5.74) is 5.73. The van der Waals surface area contributed by atoms with Crippen LogP contribution in [0.2, 0.25) is 0 Å². The molecule has 0 radical (unpaired) electrons. The van der Waals surface area contributed by atoms with Crippen LogP contribution in [-0.4, -0.2) is 12.6 Å². The van der Waals surface area contributed by atoms with Gasteiger partial charge in [0.05, 0.1) is 7.11 Å². The van der Waals surface area contributed by atoms with Crippen LogP contribution in [-0.2, 0) is 0 Å². The van der Waals surface area contributed by atoms with Crippen molar-refractivity contribution < 1.29 is 29.8 Å². The summed E-state index contributed by atoms with van der Waals surface area (Å²) in [5.74, 6) is 0.814. The molecule has 2 aromatic carbocycles. The van der Waals surface area contributed by atoms with Crippen molar-refractivity contribution in [3.05, 3.63) is 58.1 Å². The van der Waals surface area contributed by atoms with Crippen LogP contribution in [0.3, 0.4) is 0 Å². The Labute approximate surface area is 148 Å². The van der Waals surface area contributed by atoms with Crippen molar-refractivity contribution in [1.82, 2.24) is 0 Å². The Morgan fingerprint density at radius 1 is 1.00 bits per heavy atom. The summed E-state index contributed by atoms with van der Waals surface area (Å²) in [6, 6.07) is 9.82. The molecular weight excluding hydrogens is 286 g/mol. The SMILES string of the molecule is COc1ccc(PC(=O)c2c(C)cc(C)c(C)c2C)cc1.[H-].[Li+]. The fourth-order valence-electron chi connectivity index (χ4n) is 2.50. The third-order valence-electron chi connectivity index (χ3n) is 3.93. The Bertz CT molecular complexity index is 684. The molecule has 0 bridgehead atoms. The van der Waals surface area contributed by atoms with Crippen LogP contribution in [0.15, 0.2) is 30.3 Å². The average Bonchev–Trinajstić information content (AvgIpc) is 2.45. The summed E-state index contributed by atoms with van der Waals surface area (Å²) in [7, 11) is 1.79. The van der Waals surface area contributed by atoms with Gasteiger partial charge in [0.2, 0.25) is 0 Å². The third-order valence-corrected chi connectivity index (χ3v) is 5.03. The Morgan fingerprint density at radius 3 is 2.14 bits per heavy atom. The molecule has 0 saturated carbocycles. The van der Waals surface area contributed by atoms with Crippen molar-refractivity contribution in [2.24, 2.45) is 0 Å². The van der Waals surface area contributed by atoms with Gasteiger partial charge < -0.3 is 6.16 Å². The van der Waals surface area contributed by atoms with Gasteiger partial charge in [0.25, 0.3) is 0 Å². The molecular formula is C18H22LiO2P. The van der Waals surface area contributed by atoms with Gasteiger partial charge in [-0.15, -0.1) is 0 Å². The molecule has 0 aromatic heterocycles. The van der Waals surface area contributed by atoms with Gasteiger partial charge in [0.1, 0.15) is 5.75 Å². The summed E-state index contributed by atoms with van der Waals surface area (Å²) in [4.78, 5) is 12.7. The molecule has 0 heterocycles. The first-order chi connectivity index (χ1) is 9.93. The van der Waals surface area contributed by atoms with E-state index in [1.807, 2.05) is 38.1 Å². The Morgan fingerprint density at radius 2 is 1.59 bits per heavy atom. The fourth-order valence-corrected chi connectivity index (χ4v) is 3.61. The maximum Gasteiger partial charge on any atom is 1.00 e. The van der Waals surface area contributed by atoms with E-state index in [4.69, 9.17) is 4.74 Å². The molecule has 2 aromatic rings. The summed E-state index contributed by atoms with van der Waals surface area (Å²) in [6.07, 6.45) is 0. The topological polar surface area (TPSA) is 26.3 Å². The molecule has 0 fully saturated rings. The zero-order valence-corrected chi connectivity index (χ0v) is 15.2. The minimum absolute atomic E-state index is 0. The molecule has 0 aliphatic carbocycles. The molecule has 22 heavy (non-hydrogen) atoms. The second-order valence-corrected chi connectivity index (χ2v) is 6.60. The maximum atomic E-state index is 12.7. The molecule has 1 unspecified atom stereocenters. The molecule has 0 spiro atoms. The Balaban J connectivity index is 0.00000242. The van der Waals surface area contributed by atoms with E-state index in [0.717, 1.165) is 27.7 Å². The summed E-state index contributed by atoms with van der Waals surface area (Å²) < 4.78 is 5.14. The summed E-state index contributed by atoms with van der Waals surface area (Å²) in [5, 5.41) is 1.04. The predicted octanol–water partition coefficient (Wildman–Crippen LogP) is 1.19. The van der Waals surface area contributed by atoms with Crippen LogP contribution in [0, 0.1) is 27.7 Å². The van der Waals surface area contributed by atoms with Crippen LogP contribution >= 0.6 is 8.58 Å². The number of methoxy groups -OCH3 is 1. The molecule has 0 aliphatic rings. The van der Waals surface area contributed by atoms with E-state index in [1.165, 1.54) is 11.1 Å². The minimum Gasteiger partial charge on any atom is -1.00 e. The molecule has 112 valence electrons. The number of rotatable bonds is 4. The van der Waals surface area contributed by atoms with Gasteiger partial charge in [0, 0.05) is 5.56 Å². The van der Waals surface area contributed by atoms with E-state index in [-0.39, 0.29) is 34.4 Å². The molecule has 1 atom stereocenters. The first-order valence-corrected chi connectivity index (χ1v) is 7.97. The number of aryl methyl sites for hydroxylation is 2. The molecule has 0 amide bonds. The van der Waals surface area contributed by atoms with E-state index < -0.39 is 0 Å². The number of hydrogen-bond acceptors (Lipinski definition) is 2. The summed E-state index contributed by atoms with van der Waals surface area (Å²) >= 11 is 0. The van der Waals surface area contributed by atoms with Crippen molar-refractivity contribution >= 4 is 19.4 Å². The van der Waals surface area contributed by atoms with Crippen molar-refractivity contribution in [3.63, 3.8) is 0 Å². The van der Waals surface area contributed by atoms with Gasteiger partial charge in [0.15, 0.2) is 5.52 Å². The van der Waals surface area contributed by atoms with Gasteiger partial charge in [-0.05, 0) is 76.0 Å². The number of ether oxygens (including phenoxy) is 1. The van der Waals surface area contributed by atoms with Crippen LogP contribution in [0.25, 0.3) is 0 Å². The van der Waals surface area contributed by atoms with Gasteiger partial charge in [-0.3, -0.25) is 4.79 Å². The number of hydrogen-bond donors (Lipinski definition) is 0. The monoisotopic (exact) mass is 308 g/mol. The van der Waals surface area contributed by atoms with Crippen LogP contribution in [0.5, 0.6) is 5.75 Å². The normalized spacial score (nSPS) is 10.6. The molecule has 0 aliphatic heterocycles. The third kappa shape index (κ3) is 4.02. The molecule has 2 nitrogen and oxygen atoms in total. The largest absolute Gasteiger partial charge is 1.00 e. The van der Waals surface area contributed by atoms with Gasteiger partial charge in [-0.2, -0.15) is 0 Å². The smallest absolute Gasteiger partial charge is 1.00 e. The number of carbonyl (C=O) groups is 1. The van der Waals surface area contributed by atoms with E-state index in [0.29, 0.717) is 0 Å². The number of carbonyl (C=O) groups excluding carboxylic acids is 1. The average molecular weight is 308 g/mol.